The second-order valence-corrected chi connectivity index (χ2v) is 6.68. The van der Waals surface area contributed by atoms with Gasteiger partial charge in [0.25, 0.3) is 5.91 Å². The Balaban J connectivity index is 1.59. The molecular formula is C21H21ClN4O. The quantitative estimate of drug-likeness (QED) is 0.652. The van der Waals surface area contributed by atoms with E-state index in [1.165, 1.54) is 0 Å². The van der Waals surface area contributed by atoms with E-state index in [0.29, 0.717) is 17.3 Å². The molecule has 2 N–H and O–H groups in total. The number of pyridine rings is 1. The fourth-order valence-corrected chi connectivity index (χ4v) is 2.71. The van der Waals surface area contributed by atoms with Crippen LogP contribution in [0.15, 0.2) is 66.9 Å². The number of nitrogens with one attached hydrogen (secondary N) is 2. The monoisotopic (exact) mass is 380 g/mol. The predicted molar refractivity (Wildman–Crippen MR) is 112 cm³/mol. The summed E-state index contributed by atoms with van der Waals surface area (Å²) in [5.74, 6) is -0.245. The summed E-state index contributed by atoms with van der Waals surface area (Å²) in [5, 5.41) is 6.82. The second-order valence-electron chi connectivity index (χ2n) is 6.27. The van der Waals surface area contributed by atoms with Crippen molar-refractivity contribution in [3.8, 4) is 0 Å². The van der Waals surface area contributed by atoms with Crippen LogP contribution < -0.4 is 15.5 Å². The van der Waals surface area contributed by atoms with Gasteiger partial charge in [0.2, 0.25) is 0 Å². The number of carbonyl (C=O) groups is 1. The molecule has 0 bridgehead atoms. The van der Waals surface area contributed by atoms with Gasteiger partial charge in [0.05, 0.1) is 11.9 Å². The van der Waals surface area contributed by atoms with Crippen LogP contribution in [-0.4, -0.2) is 25.0 Å². The molecule has 0 atom stereocenters. The molecular weight excluding hydrogens is 360 g/mol. The molecule has 0 radical (unpaired) electrons. The second kappa shape index (κ2) is 8.56. The summed E-state index contributed by atoms with van der Waals surface area (Å²) in [6.45, 7) is 0.588. The average Bonchev–Trinajstić information content (AvgIpc) is 2.68. The number of halogens is 1. The molecule has 0 aliphatic rings. The minimum Gasteiger partial charge on any atom is -0.380 e. The van der Waals surface area contributed by atoms with Gasteiger partial charge in [-0.2, -0.15) is 0 Å². The summed E-state index contributed by atoms with van der Waals surface area (Å²) in [5.41, 5.74) is 3.98. The molecule has 27 heavy (non-hydrogen) atoms. The van der Waals surface area contributed by atoms with Crippen molar-refractivity contribution in [2.75, 3.05) is 29.6 Å². The summed E-state index contributed by atoms with van der Waals surface area (Å²) >= 11 is 6.15. The molecule has 1 amide bonds. The Morgan fingerprint density at radius 1 is 1.00 bits per heavy atom. The third-order valence-electron chi connectivity index (χ3n) is 4.08. The van der Waals surface area contributed by atoms with Gasteiger partial charge in [0.1, 0.15) is 5.69 Å². The molecule has 2 aromatic carbocycles. The van der Waals surface area contributed by atoms with Crippen LogP contribution in [0, 0.1) is 0 Å². The lowest BCUT2D eigenvalue weighted by Crippen LogP contribution is -2.14. The zero-order valence-corrected chi connectivity index (χ0v) is 16.0. The number of amides is 1. The van der Waals surface area contributed by atoms with E-state index in [1.807, 2.05) is 73.6 Å². The molecule has 6 heteroatoms. The number of nitrogens with zero attached hydrogens (tertiary/aromatic N) is 2. The largest absolute Gasteiger partial charge is 0.380 e. The summed E-state index contributed by atoms with van der Waals surface area (Å²) in [7, 11) is 3.94. The predicted octanol–water partition coefficient (Wildman–Crippen LogP) is 4.67. The highest BCUT2D eigenvalue weighted by Crippen LogP contribution is 2.18. The fraction of sp³-hybridized carbons (Fsp3) is 0.143. The maximum Gasteiger partial charge on any atom is 0.274 e. The van der Waals surface area contributed by atoms with Crippen molar-refractivity contribution < 1.29 is 4.79 Å². The SMILES string of the molecule is CN(C)c1ccc(NC(=O)c2ccc(NCc3ccccc3Cl)cn2)cc1. The average molecular weight is 381 g/mol. The van der Waals surface area contributed by atoms with E-state index in [-0.39, 0.29) is 5.91 Å². The molecule has 0 saturated heterocycles. The highest BCUT2D eigenvalue weighted by Gasteiger charge is 2.08. The van der Waals surface area contributed by atoms with Gasteiger partial charge in [0.15, 0.2) is 0 Å². The van der Waals surface area contributed by atoms with Gasteiger partial charge in [0, 0.05) is 37.0 Å². The van der Waals surface area contributed by atoms with Crippen LogP contribution in [0.25, 0.3) is 0 Å². The Bertz CT molecular complexity index is 908. The van der Waals surface area contributed by atoms with Crippen LogP contribution in [0.2, 0.25) is 5.02 Å². The van der Waals surface area contributed by atoms with Gasteiger partial charge in [-0.25, -0.2) is 4.98 Å². The highest BCUT2D eigenvalue weighted by atomic mass is 35.5. The molecule has 3 rings (SSSR count). The molecule has 0 saturated carbocycles. The summed E-state index contributed by atoms with van der Waals surface area (Å²) in [6.07, 6.45) is 1.64. The number of anilines is 3. The molecule has 5 nitrogen and oxygen atoms in total. The third kappa shape index (κ3) is 4.99. The van der Waals surface area contributed by atoms with Gasteiger partial charge in [-0.3, -0.25) is 4.79 Å². The van der Waals surface area contributed by atoms with Crippen molar-refractivity contribution in [1.82, 2.24) is 4.98 Å². The molecule has 3 aromatic rings. The maximum absolute atomic E-state index is 12.3. The van der Waals surface area contributed by atoms with Crippen molar-refractivity contribution in [2.24, 2.45) is 0 Å². The van der Waals surface area contributed by atoms with Gasteiger partial charge in [-0.15, -0.1) is 0 Å². The Hall–Kier alpha value is -3.05. The molecule has 0 aliphatic heterocycles. The first-order valence-electron chi connectivity index (χ1n) is 8.55. The maximum atomic E-state index is 12.3. The molecule has 138 valence electrons. The minimum atomic E-state index is -0.245. The first-order valence-corrected chi connectivity index (χ1v) is 8.93. The van der Waals surface area contributed by atoms with E-state index in [2.05, 4.69) is 15.6 Å². The standard InChI is InChI=1S/C21H21ClN4O/c1-26(2)18-10-7-16(8-11-18)25-21(27)20-12-9-17(14-24-20)23-13-15-5-3-4-6-19(15)22/h3-12,14,23H,13H2,1-2H3,(H,25,27). The van der Waals surface area contributed by atoms with Gasteiger partial charge in [-0.05, 0) is 48.0 Å². The van der Waals surface area contributed by atoms with Crippen molar-refractivity contribution in [3.63, 3.8) is 0 Å². The van der Waals surface area contributed by atoms with E-state index in [0.717, 1.165) is 22.6 Å². The summed E-state index contributed by atoms with van der Waals surface area (Å²) < 4.78 is 0. The van der Waals surface area contributed by atoms with Gasteiger partial charge in [-0.1, -0.05) is 29.8 Å². The topological polar surface area (TPSA) is 57.3 Å². The van der Waals surface area contributed by atoms with Crippen LogP contribution in [-0.2, 0) is 6.54 Å². The molecule has 0 spiro atoms. The smallest absolute Gasteiger partial charge is 0.274 e. The zero-order chi connectivity index (χ0) is 19.2. The van der Waals surface area contributed by atoms with Crippen molar-refractivity contribution >= 4 is 34.6 Å². The summed E-state index contributed by atoms with van der Waals surface area (Å²) in [4.78, 5) is 18.6. The van der Waals surface area contributed by atoms with Crippen LogP contribution in [0.1, 0.15) is 16.1 Å². The van der Waals surface area contributed by atoms with E-state index in [9.17, 15) is 4.79 Å². The Morgan fingerprint density at radius 2 is 1.70 bits per heavy atom. The van der Waals surface area contributed by atoms with Crippen LogP contribution >= 0.6 is 11.6 Å². The molecule has 0 fully saturated rings. The van der Waals surface area contributed by atoms with Crippen molar-refractivity contribution in [1.29, 1.82) is 0 Å². The lowest BCUT2D eigenvalue weighted by atomic mass is 10.2. The van der Waals surface area contributed by atoms with Crippen LogP contribution in [0.3, 0.4) is 0 Å². The molecule has 1 aromatic heterocycles. The summed E-state index contributed by atoms with van der Waals surface area (Å²) in [6, 6.07) is 18.8. The Morgan fingerprint density at radius 3 is 2.33 bits per heavy atom. The first kappa shape index (κ1) is 18.7. The van der Waals surface area contributed by atoms with Crippen molar-refractivity contribution in [2.45, 2.75) is 6.54 Å². The first-order chi connectivity index (χ1) is 13.0. The van der Waals surface area contributed by atoms with Crippen molar-refractivity contribution in [3.05, 3.63) is 83.1 Å². The van der Waals surface area contributed by atoms with Crippen LogP contribution in [0.4, 0.5) is 17.1 Å². The highest BCUT2D eigenvalue weighted by molar-refractivity contribution is 6.31. The van der Waals surface area contributed by atoms with E-state index in [4.69, 9.17) is 11.6 Å². The van der Waals surface area contributed by atoms with Crippen LogP contribution in [0.5, 0.6) is 0 Å². The Labute approximate surface area is 164 Å². The molecule has 0 unspecified atom stereocenters. The minimum absolute atomic E-state index is 0.245. The van der Waals surface area contributed by atoms with E-state index < -0.39 is 0 Å². The lowest BCUT2D eigenvalue weighted by molar-refractivity contribution is 0.102. The van der Waals surface area contributed by atoms with E-state index in [1.54, 1.807) is 12.3 Å². The number of hydrogen-bond acceptors (Lipinski definition) is 4. The fourth-order valence-electron chi connectivity index (χ4n) is 2.51. The van der Waals surface area contributed by atoms with E-state index >= 15 is 0 Å². The molecule has 1 heterocycles. The molecule has 0 aliphatic carbocycles. The number of carbonyl (C=O) groups excluding carboxylic acids is 1. The zero-order valence-electron chi connectivity index (χ0n) is 15.2. The number of rotatable bonds is 6. The number of benzene rings is 2. The third-order valence-corrected chi connectivity index (χ3v) is 4.45. The van der Waals surface area contributed by atoms with Gasteiger partial charge < -0.3 is 15.5 Å². The number of hydrogen-bond donors (Lipinski definition) is 2. The lowest BCUT2D eigenvalue weighted by Gasteiger charge is -2.13. The number of aromatic nitrogens is 1. The van der Waals surface area contributed by atoms with Gasteiger partial charge >= 0.3 is 0 Å². The Kier molecular flexibility index (Phi) is 5.94. The normalized spacial score (nSPS) is 10.3.